The fourth-order valence-electron chi connectivity index (χ4n) is 1.61. The van der Waals surface area contributed by atoms with Gasteiger partial charge in [0, 0.05) is 22.7 Å². The average molecular weight is 283 g/mol. The zero-order valence-corrected chi connectivity index (χ0v) is 13.1. The molecule has 0 aliphatic rings. The molecular weight excluding hydrogens is 258 g/mol. The van der Waals surface area contributed by atoms with Gasteiger partial charge >= 0.3 is 0 Å². The molecule has 1 heterocycles. The highest BCUT2D eigenvalue weighted by Gasteiger charge is 2.25. The Morgan fingerprint density at radius 3 is 2.68 bits per heavy atom. The Bertz CT molecular complexity index is 410. The van der Waals surface area contributed by atoms with Gasteiger partial charge in [-0.2, -0.15) is 0 Å². The first-order valence-corrected chi connectivity index (χ1v) is 7.67. The van der Waals surface area contributed by atoms with Gasteiger partial charge in [0.1, 0.15) is 0 Å². The summed E-state index contributed by atoms with van der Waals surface area (Å²) in [6.45, 7) is 8.07. The second kappa shape index (κ2) is 7.06. The fourth-order valence-corrected chi connectivity index (χ4v) is 2.54. The van der Waals surface area contributed by atoms with E-state index in [0.717, 1.165) is 12.8 Å². The summed E-state index contributed by atoms with van der Waals surface area (Å²) in [5.74, 6) is 0.149. The summed E-state index contributed by atoms with van der Waals surface area (Å²) in [5.41, 5.74) is -0.833. The van der Waals surface area contributed by atoms with Crippen molar-refractivity contribution in [1.29, 1.82) is 0 Å². The molecular formula is C15H25NO2S. The van der Waals surface area contributed by atoms with Crippen molar-refractivity contribution in [2.24, 2.45) is 5.92 Å². The van der Waals surface area contributed by atoms with Gasteiger partial charge in [0.25, 0.3) is 0 Å². The molecule has 19 heavy (non-hydrogen) atoms. The lowest BCUT2D eigenvalue weighted by molar-refractivity contribution is -0.122. The molecule has 3 nitrogen and oxygen atoms in total. The summed E-state index contributed by atoms with van der Waals surface area (Å²) >= 11 is 1.79. The molecule has 0 saturated heterocycles. The molecule has 108 valence electrons. The number of aryl methyl sites for hydroxylation is 2. The molecule has 0 spiro atoms. The molecule has 1 amide bonds. The minimum Gasteiger partial charge on any atom is -0.388 e. The van der Waals surface area contributed by atoms with Gasteiger partial charge in [0.15, 0.2) is 0 Å². The van der Waals surface area contributed by atoms with Gasteiger partial charge in [0.05, 0.1) is 5.60 Å². The van der Waals surface area contributed by atoms with E-state index in [1.54, 1.807) is 18.3 Å². The van der Waals surface area contributed by atoms with E-state index in [1.807, 2.05) is 13.8 Å². The van der Waals surface area contributed by atoms with Crippen molar-refractivity contribution in [2.75, 3.05) is 6.54 Å². The van der Waals surface area contributed by atoms with E-state index in [-0.39, 0.29) is 11.8 Å². The normalized spacial score (nSPS) is 14.4. The highest BCUT2D eigenvalue weighted by Crippen LogP contribution is 2.17. The lowest BCUT2D eigenvalue weighted by Gasteiger charge is -2.27. The van der Waals surface area contributed by atoms with Crippen molar-refractivity contribution in [3.8, 4) is 0 Å². The first-order valence-electron chi connectivity index (χ1n) is 6.85. The molecule has 0 saturated carbocycles. The predicted molar refractivity (Wildman–Crippen MR) is 80.5 cm³/mol. The maximum absolute atomic E-state index is 11.7. The van der Waals surface area contributed by atoms with Gasteiger partial charge < -0.3 is 10.4 Å². The Hall–Kier alpha value is -0.870. The number of hydrogen-bond donors (Lipinski definition) is 2. The van der Waals surface area contributed by atoms with Crippen LogP contribution in [0.25, 0.3) is 0 Å². The summed E-state index contributed by atoms with van der Waals surface area (Å²) in [6.07, 6.45) is 2.33. The standard InChI is InChI=1S/C15H25NO2S/c1-11(2)15(4,18)10-16-14(17)7-5-6-13-9-8-12(3)19-13/h8-9,11,18H,5-7,10H2,1-4H3,(H,16,17)/t15-/m1/s1. The Kier molecular flexibility index (Phi) is 6.01. The SMILES string of the molecule is Cc1ccc(CCCC(=O)NC[C@@](C)(O)C(C)C)s1. The van der Waals surface area contributed by atoms with Gasteiger partial charge in [-0.15, -0.1) is 11.3 Å². The molecule has 1 rings (SSSR count). The quantitative estimate of drug-likeness (QED) is 0.808. The Labute approximate surface area is 120 Å². The first kappa shape index (κ1) is 16.2. The van der Waals surface area contributed by atoms with Crippen molar-refractivity contribution in [3.05, 3.63) is 21.9 Å². The summed E-state index contributed by atoms with van der Waals surface area (Å²) in [7, 11) is 0. The monoisotopic (exact) mass is 283 g/mol. The number of rotatable bonds is 7. The van der Waals surface area contributed by atoms with Crippen LogP contribution in [0.5, 0.6) is 0 Å². The lowest BCUT2D eigenvalue weighted by atomic mass is 9.92. The maximum atomic E-state index is 11.7. The van der Waals surface area contributed by atoms with Gasteiger partial charge in [-0.1, -0.05) is 13.8 Å². The van der Waals surface area contributed by atoms with Crippen molar-refractivity contribution >= 4 is 17.2 Å². The van der Waals surface area contributed by atoms with Gasteiger partial charge in [-0.3, -0.25) is 4.79 Å². The van der Waals surface area contributed by atoms with Crippen molar-refractivity contribution < 1.29 is 9.90 Å². The van der Waals surface area contributed by atoms with Crippen molar-refractivity contribution in [1.82, 2.24) is 5.32 Å². The largest absolute Gasteiger partial charge is 0.388 e. The van der Waals surface area contributed by atoms with Crippen molar-refractivity contribution in [3.63, 3.8) is 0 Å². The van der Waals surface area contributed by atoms with Crippen LogP contribution < -0.4 is 5.32 Å². The molecule has 0 radical (unpaired) electrons. The number of thiophene rings is 1. The van der Waals surface area contributed by atoms with Crippen LogP contribution in [0.3, 0.4) is 0 Å². The third-order valence-corrected chi connectivity index (χ3v) is 4.57. The van der Waals surface area contributed by atoms with E-state index < -0.39 is 5.60 Å². The van der Waals surface area contributed by atoms with Gasteiger partial charge in [-0.05, 0) is 44.7 Å². The van der Waals surface area contributed by atoms with Crippen LogP contribution in [0.15, 0.2) is 12.1 Å². The molecule has 1 atom stereocenters. The zero-order chi connectivity index (χ0) is 14.5. The molecule has 1 aromatic heterocycles. The highest BCUT2D eigenvalue weighted by molar-refractivity contribution is 7.11. The van der Waals surface area contributed by atoms with E-state index >= 15 is 0 Å². The van der Waals surface area contributed by atoms with Crippen LogP contribution in [0, 0.1) is 12.8 Å². The molecule has 0 fully saturated rings. The van der Waals surface area contributed by atoms with E-state index in [2.05, 4.69) is 24.4 Å². The van der Waals surface area contributed by atoms with E-state index in [0.29, 0.717) is 13.0 Å². The topological polar surface area (TPSA) is 49.3 Å². The molecule has 2 N–H and O–H groups in total. The molecule has 0 aliphatic carbocycles. The number of hydrogen-bond acceptors (Lipinski definition) is 3. The second-order valence-electron chi connectivity index (χ2n) is 5.65. The molecule has 1 aromatic rings. The van der Waals surface area contributed by atoms with Crippen LogP contribution in [-0.4, -0.2) is 23.2 Å². The van der Waals surface area contributed by atoms with E-state index in [9.17, 15) is 9.90 Å². The fraction of sp³-hybridized carbons (Fsp3) is 0.667. The third-order valence-electron chi connectivity index (χ3n) is 3.51. The van der Waals surface area contributed by atoms with Crippen LogP contribution in [-0.2, 0) is 11.2 Å². The number of amides is 1. The summed E-state index contributed by atoms with van der Waals surface area (Å²) < 4.78 is 0. The van der Waals surface area contributed by atoms with Gasteiger partial charge in [-0.25, -0.2) is 0 Å². The average Bonchev–Trinajstić information content (AvgIpc) is 2.72. The smallest absolute Gasteiger partial charge is 0.220 e. The zero-order valence-electron chi connectivity index (χ0n) is 12.3. The van der Waals surface area contributed by atoms with Crippen LogP contribution in [0.1, 0.15) is 43.4 Å². The number of carbonyl (C=O) groups is 1. The lowest BCUT2D eigenvalue weighted by Crippen LogP contribution is -2.44. The molecule has 0 aliphatic heterocycles. The summed E-state index contributed by atoms with van der Waals surface area (Å²) in [4.78, 5) is 14.3. The summed E-state index contributed by atoms with van der Waals surface area (Å²) in [6, 6.07) is 4.24. The van der Waals surface area contributed by atoms with Crippen LogP contribution in [0.2, 0.25) is 0 Å². The number of carbonyl (C=O) groups excluding carboxylic acids is 1. The van der Waals surface area contributed by atoms with E-state index in [4.69, 9.17) is 0 Å². The minimum absolute atomic E-state index is 0.0224. The third kappa shape index (κ3) is 5.74. The maximum Gasteiger partial charge on any atom is 0.220 e. The highest BCUT2D eigenvalue weighted by atomic mass is 32.1. The minimum atomic E-state index is -0.833. The number of nitrogens with one attached hydrogen (secondary N) is 1. The van der Waals surface area contributed by atoms with Crippen LogP contribution in [0.4, 0.5) is 0 Å². The second-order valence-corrected chi connectivity index (χ2v) is 7.03. The van der Waals surface area contributed by atoms with Crippen LogP contribution >= 0.6 is 11.3 Å². The number of aliphatic hydroxyl groups is 1. The summed E-state index contributed by atoms with van der Waals surface area (Å²) in [5, 5.41) is 12.8. The first-order chi connectivity index (χ1) is 8.81. The predicted octanol–water partition coefficient (Wildman–Crippen LogP) is 2.90. The van der Waals surface area contributed by atoms with Crippen molar-refractivity contribution in [2.45, 2.75) is 52.6 Å². The Morgan fingerprint density at radius 1 is 1.47 bits per heavy atom. The molecule has 4 heteroatoms. The van der Waals surface area contributed by atoms with E-state index in [1.165, 1.54) is 9.75 Å². The van der Waals surface area contributed by atoms with Gasteiger partial charge in [0.2, 0.25) is 5.91 Å². The Balaban J connectivity index is 2.21. The molecule has 0 aromatic carbocycles. The Morgan fingerprint density at radius 2 is 2.16 bits per heavy atom. The molecule has 0 unspecified atom stereocenters. The molecule has 0 bridgehead atoms.